The molecule has 0 N–H and O–H groups in total. The van der Waals surface area contributed by atoms with Gasteiger partial charge in [-0.1, -0.05) is 37.1 Å². The molecule has 2 rings (SSSR count). The predicted molar refractivity (Wildman–Crippen MR) is 62.2 cm³/mol. The van der Waals surface area contributed by atoms with Gasteiger partial charge in [-0.15, -0.1) is 0 Å². The van der Waals surface area contributed by atoms with Gasteiger partial charge in [-0.25, -0.2) is 4.39 Å². The first-order valence-corrected chi connectivity index (χ1v) is 5.89. The van der Waals surface area contributed by atoms with Crippen LogP contribution in [-0.2, 0) is 5.67 Å². The minimum Gasteiger partial charge on any atom is -0.298 e. The van der Waals surface area contributed by atoms with Crippen molar-refractivity contribution in [2.45, 2.75) is 38.3 Å². The molecular formula is C14H17FO. The Labute approximate surface area is 95.7 Å². The smallest absolute Gasteiger partial charge is 0.150 e. The number of hydrogen-bond donors (Lipinski definition) is 0. The zero-order valence-corrected chi connectivity index (χ0v) is 9.58. The lowest BCUT2D eigenvalue weighted by Gasteiger charge is -2.27. The van der Waals surface area contributed by atoms with E-state index < -0.39 is 5.67 Å². The van der Waals surface area contributed by atoms with E-state index in [1.54, 1.807) is 31.2 Å². The number of carbonyl (C=O) groups is 1. The molecule has 1 fully saturated rings. The number of halogens is 1. The molecule has 0 amide bonds. The van der Waals surface area contributed by atoms with Crippen molar-refractivity contribution in [2.24, 2.45) is 5.92 Å². The molecule has 0 saturated heterocycles. The predicted octanol–water partition coefficient (Wildman–Crippen LogP) is 3.87. The summed E-state index contributed by atoms with van der Waals surface area (Å²) in [5, 5.41) is 0. The van der Waals surface area contributed by atoms with Crippen LogP contribution in [-0.4, -0.2) is 6.29 Å². The first-order valence-electron chi connectivity index (χ1n) is 5.89. The summed E-state index contributed by atoms with van der Waals surface area (Å²) in [6.07, 6.45) is 5.01. The van der Waals surface area contributed by atoms with E-state index in [4.69, 9.17) is 0 Å². The number of benzene rings is 1. The second kappa shape index (κ2) is 4.36. The van der Waals surface area contributed by atoms with Crippen LogP contribution in [0.15, 0.2) is 24.3 Å². The lowest BCUT2D eigenvalue weighted by Crippen LogP contribution is -2.24. The summed E-state index contributed by atoms with van der Waals surface area (Å²) >= 11 is 0. The molecule has 1 aromatic carbocycles. The Morgan fingerprint density at radius 2 is 1.81 bits per heavy atom. The van der Waals surface area contributed by atoms with Crippen LogP contribution in [0.3, 0.4) is 0 Å². The Bertz CT molecular complexity index is 361. The molecule has 16 heavy (non-hydrogen) atoms. The molecule has 0 aromatic heterocycles. The summed E-state index contributed by atoms with van der Waals surface area (Å²) in [4.78, 5) is 10.5. The number of rotatable bonds is 3. The van der Waals surface area contributed by atoms with Crippen molar-refractivity contribution in [3.05, 3.63) is 35.4 Å². The van der Waals surface area contributed by atoms with Crippen LogP contribution in [0, 0.1) is 5.92 Å². The van der Waals surface area contributed by atoms with Gasteiger partial charge in [0, 0.05) is 5.56 Å². The van der Waals surface area contributed by atoms with E-state index in [1.807, 2.05) is 0 Å². The summed E-state index contributed by atoms with van der Waals surface area (Å²) in [5.41, 5.74) is 0.0498. The van der Waals surface area contributed by atoms with E-state index in [0.29, 0.717) is 11.1 Å². The van der Waals surface area contributed by atoms with Crippen molar-refractivity contribution >= 4 is 6.29 Å². The van der Waals surface area contributed by atoms with Gasteiger partial charge >= 0.3 is 0 Å². The van der Waals surface area contributed by atoms with Crippen LogP contribution in [0.4, 0.5) is 4.39 Å². The molecule has 1 unspecified atom stereocenters. The zero-order chi connectivity index (χ0) is 11.6. The summed E-state index contributed by atoms with van der Waals surface area (Å²) in [5.74, 6) is 0.134. The molecule has 0 heterocycles. The third-order valence-electron chi connectivity index (χ3n) is 3.73. The monoisotopic (exact) mass is 220 g/mol. The third kappa shape index (κ3) is 2.01. The molecule has 0 radical (unpaired) electrons. The van der Waals surface area contributed by atoms with Gasteiger partial charge in [0.25, 0.3) is 0 Å². The Balaban J connectivity index is 2.23. The van der Waals surface area contributed by atoms with Gasteiger partial charge in [-0.05, 0) is 31.2 Å². The van der Waals surface area contributed by atoms with Crippen molar-refractivity contribution in [3.63, 3.8) is 0 Å². The second-order valence-corrected chi connectivity index (χ2v) is 4.80. The topological polar surface area (TPSA) is 17.1 Å². The average molecular weight is 220 g/mol. The van der Waals surface area contributed by atoms with Crippen molar-refractivity contribution in [1.29, 1.82) is 0 Å². The van der Waals surface area contributed by atoms with Crippen LogP contribution < -0.4 is 0 Å². The normalized spacial score (nSPS) is 20.6. The first kappa shape index (κ1) is 11.3. The van der Waals surface area contributed by atoms with Crippen molar-refractivity contribution in [1.82, 2.24) is 0 Å². The molecule has 1 saturated carbocycles. The maximum absolute atomic E-state index is 14.7. The van der Waals surface area contributed by atoms with E-state index in [1.165, 1.54) is 0 Å². The second-order valence-electron chi connectivity index (χ2n) is 4.80. The maximum Gasteiger partial charge on any atom is 0.150 e. The molecule has 1 aliphatic rings. The van der Waals surface area contributed by atoms with Crippen molar-refractivity contribution in [3.8, 4) is 0 Å². The van der Waals surface area contributed by atoms with Gasteiger partial charge in [0.1, 0.15) is 12.0 Å². The first-order chi connectivity index (χ1) is 7.64. The quantitative estimate of drug-likeness (QED) is 0.706. The van der Waals surface area contributed by atoms with E-state index in [0.717, 1.165) is 32.0 Å². The molecule has 0 aliphatic heterocycles. The van der Waals surface area contributed by atoms with E-state index in [-0.39, 0.29) is 5.92 Å². The summed E-state index contributed by atoms with van der Waals surface area (Å²) in [7, 11) is 0. The number of carbonyl (C=O) groups excluding carboxylic acids is 1. The number of hydrogen-bond acceptors (Lipinski definition) is 1. The van der Waals surface area contributed by atoms with Crippen LogP contribution in [0.25, 0.3) is 0 Å². The molecule has 1 atom stereocenters. The summed E-state index contributed by atoms with van der Waals surface area (Å²) < 4.78 is 14.7. The highest BCUT2D eigenvalue weighted by atomic mass is 19.1. The molecule has 1 aliphatic carbocycles. The Kier molecular flexibility index (Phi) is 3.08. The third-order valence-corrected chi connectivity index (χ3v) is 3.73. The van der Waals surface area contributed by atoms with Crippen LogP contribution in [0.5, 0.6) is 0 Å². The average Bonchev–Trinajstić information content (AvgIpc) is 2.83. The number of aldehydes is 1. The highest BCUT2D eigenvalue weighted by Crippen LogP contribution is 2.43. The Morgan fingerprint density at radius 1 is 1.25 bits per heavy atom. The molecular weight excluding hydrogens is 203 g/mol. The van der Waals surface area contributed by atoms with Gasteiger partial charge in [-0.2, -0.15) is 0 Å². The zero-order valence-electron chi connectivity index (χ0n) is 9.58. The molecule has 1 nitrogen and oxygen atoms in total. The van der Waals surface area contributed by atoms with Crippen molar-refractivity contribution in [2.75, 3.05) is 0 Å². The molecule has 0 bridgehead atoms. The van der Waals surface area contributed by atoms with Crippen molar-refractivity contribution < 1.29 is 9.18 Å². The minimum atomic E-state index is -1.25. The fraction of sp³-hybridized carbons (Fsp3) is 0.500. The van der Waals surface area contributed by atoms with Gasteiger partial charge in [0.2, 0.25) is 0 Å². The lowest BCUT2D eigenvalue weighted by atomic mass is 9.83. The van der Waals surface area contributed by atoms with Crippen LogP contribution in [0.2, 0.25) is 0 Å². The highest BCUT2D eigenvalue weighted by Gasteiger charge is 2.37. The SMILES string of the molecule is CC(F)(c1ccc(C=O)cc1)C1CCCC1. The van der Waals surface area contributed by atoms with Crippen LogP contribution >= 0.6 is 0 Å². The standard InChI is InChI=1S/C14H17FO/c1-14(15,12-4-2-3-5-12)13-8-6-11(10-16)7-9-13/h6-10,12H,2-5H2,1H3. The van der Waals surface area contributed by atoms with Crippen LogP contribution in [0.1, 0.15) is 48.5 Å². The molecule has 2 heteroatoms. The largest absolute Gasteiger partial charge is 0.298 e. The maximum atomic E-state index is 14.7. The van der Waals surface area contributed by atoms with E-state index in [2.05, 4.69) is 0 Å². The summed E-state index contributed by atoms with van der Waals surface area (Å²) in [6.45, 7) is 1.67. The number of alkyl halides is 1. The van der Waals surface area contributed by atoms with Gasteiger partial charge < -0.3 is 0 Å². The lowest BCUT2D eigenvalue weighted by molar-refractivity contribution is 0.104. The Morgan fingerprint density at radius 3 is 2.31 bits per heavy atom. The van der Waals surface area contributed by atoms with E-state index >= 15 is 0 Å². The molecule has 0 spiro atoms. The van der Waals surface area contributed by atoms with Gasteiger partial charge in [0.15, 0.2) is 0 Å². The summed E-state index contributed by atoms with van der Waals surface area (Å²) in [6, 6.07) is 6.86. The minimum absolute atomic E-state index is 0.134. The molecule has 1 aromatic rings. The highest BCUT2D eigenvalue weighted by molar-refractivity contribution is 5.74. The molecule has 86 valence electrons. The Hall–Kier alpha value is -1.18. The fourth-order valence-electron chi connectivity index (χ4n) is 2.59. The van der Waals surface area contributed by atoms with E-state index in [9.17, 15) is 9.18 Å². The van der Waals surface area contributed by atoms with Gasteiger partial charge in [0.05, 0.1) is 0 Å². The van der Waals surface area contributed by atoms with Gasteiger partial charge in [-0.3, -0.25) is 4.79 Å². The fourth-order valence-corrected chi connectivity index (χ4v) is 2.59.